The van der Waals surface area contributed by atoms with Crippen molar-refractivity contribution in [1.82, 2.24) is 19.9 Å². The summed E-state index contributed by atoms with van der Waals surface area (Å²) in [6.45, 7) is 13.8. The van der Waals surface area contributed by atoms with Gasteiger partial charge >= 0.3 is 0 Å². The zero-order valence-electron chi connectivity index (χ0n) is 16.0. The molecule has 2 aromatic heterocycles. The smallest absolute Gasteiger partial charge is 0.179 e. The van der Waals surface area contributed by atoms with E-state index in [9.17, 15) is 4.79 Å². The van der Waals surface area contributed by atoms with Gasteiger partial charge in [0, 0.05) is 24.0 Å². The molecule has 0 fully saturated rings. The fourth-order valence-corrected chi connectivity index (χ4v) is 1.67. The lowest BCUT2D eigenvalue weighted by atomic mass is 9.93. The van der Waals surface area contributed by atoms with Crippen molar-refractivity contribution in [3.63, 3.8) is 0 Å². The van der Waals surface area contributed by atoms with Crippen molar-refractivity contribution in [2.45, 2.75) is 59.3 Å². The number of carbonyl (C=O) groups is 1. The van der Waals surface area contributed by atoms with Crippen LogP contribution in [-0.2, 0) is 10.8 Å². The number of nitrogens with zero attached hydrogens (tertiary/aromatic N) is 5. The van der Waals surface area contributed by atoms with Crippen LogP contribution in [0.1, 0.15) is 76.0 Å². The number of carbonyl (C=O) groups excluding carboxylic acids is 1. The first-order valence-electron chi connectivity index (χ1n) is 8.01. The van der Waals surface area contributed by atoms with Crippen molar-refractivity contribution >= 4 is 5.78 Å². The summed E-state index contributed by atoms with van der Waals surface area (Å²) in [6, 6.07) is 1.93. The highest BCUT2D eigenvalue weighted by atomic mass is 16.1. The molecular formula is C19H25N5O. The van der Waals surface area contributed by atoms with Gasteiger partial charge in [-0.15, -0.1) is 0 Å². The number of Topliss-reactive ketones (excluding diaryl/α,β-unsaturated/α-hetero) is 1. The van der Waals surface area contributed by atoms with Crippen LogP contribution in [0, 0.1) is 11.3 Å². The summed E-state index contributed by atoms with van der Waals surface area (Å²) in [5.74, 6) is -0.0482. The van der Waals surface area contributed by atoms with Gasteiger partial charge in [0.15, 0.2) is 11.5 Å². The maximum Gasteiger partial charge on any atom is 0.179 e. The second kappa shape index (κ2) is 7.93. The Hall–Kier alpha value is -2.68. The largest absolute Gasteiger partial charge is 0.293 e. The molecule has 6 heteroatoms. The van der Waals surface area contributed by atoms with E-state index in [0.717, 1.165) is 11.4 Å². The highest BCUT2D eigenvalue weighted by Crippen LogP contribution is 2.19. The highest BCUT2D eigenvalue weighted by molar-refractivity contribution is 5.91. The van der Waals surface area contributed by atoms with E-state index >= 15 is 0 Å². The van der Waals surface area contributed by atoms with E-state index in [1.165, 1.54) is 19.3 Å². The third-order valence-corrected chi connectivity index (χ3v) is 3.32. The summed E-state index contributed by atoms with van der Waals surface area (Å²) in [5.41, 5.74) is 2.58. The van der Waals surface area contributed by atoms with E-state index in [4.69, 9.17) is 5.26 Å². The molecule has 0 bridgehead atoms. The lowest BCUT2D eigenvalue weighted by molar-refractivity contribution is 0.101. The lowest BCUT2D eigenvalue weighted by Gasteiger charge is -2.16. The Morgan fingerprint density at radius 3 is 1.60 bits per heavy atom. The van der Waals surface area contributed by atoms with Crippen LogP contribution in [0.25, 0.3) is 0 Å². The van der Waals surface area contributed by atoms with E-state index < -0.39 is 0 Å². The molecule has 2 rings (SSSR count). The van der Waals surface area contributed by atoms with Crippen molar-refractivity contribution < 1.29 is 4.79 Å². The Kier molecular flexibility index (Phi) is 6.46. The van der Waals surface area contributed by atoms with Gasteiger partial charge in [-0.2, -0.15) is 5.26 Å². The van der Waals surface area contributed by atoms with Crippen molar-refractivity contribution in [2.75, 3.05) is 0 Å². The minimum atomic E-state index is -0.0482. The summed E-state index contributed by atoms with van der Waals surface area (Å²) in [5, 5.41) is 8.48. The van der Waals surface area contributed by atoms with E-state index in [1.54, 1.807) is 12.4 Å². The van der Waals surface area contributed by atoms with Crippen LogP contribution < -0.4 is 0 Å². The van der Waals surface area contributed by atoms with Crippen LogP contribution in [0.15, 0.2) is 24.8 Å². The zero-order valence-corrected chi connectivity index (χ0v) is 16.0. The van der Waals surface area contributed by atoms with Gasteiger partial charge in [0.05, 0.1) is 30.0 Å². The molecule has 0 aliphatic heterocycles. The molecule has 2 aromatic rings. The fraction of sp³-hybridized carbons (Fsp3) is 0.474. The Morgan fingerprint density at radius 1 is 0.840 bits per heavy atom. The number of ketones is 1. The van der Waals surface area contributed by atoms with Crippen LogP contribution in [0.4, 0.5) is 0 Å². The van der Waals surface area contributed by atoms with Gasteiger partial charge in [-0.3, -0.25) is 14.8 Å². The monoisotopic (exact) mass is 339 g/mol. The van der Waals surface area contributed by atoms with Gasteiger partial charge in [0.1, 0.15) is 11.8 Å². The van der Waals surface area contributed by atoms with Gasteiger partial charge < -0.3 is 0 Å². The average molecular weight is 339 g/mol. The van der Waals surface area contributed by atoms with Crippen LogP contribution >= 0.6 is 0 Å². The molecular weight excluding hydrogens is 314 g/mol. The van der Waals surface area contributed by atoms with Gasteiger partial charge in [-0.1, -0.05) is 41.5 Å². The predicted octanol–water partition coefficient (Wildman–Crippen LogP) is 3.62. The normalized spacial score (nSPS) is 11.1. The Labute approximate surface area is 149 Å². The van der Waals surface area contributed by atoms with E-state index in [-0.39, 0.29) is 16.6 Å². The van der Waals surface area contributed by atoms with Crippen LogP contribution in [0.3, 0.4) is 0 Å². The maximum absolute atomic E-state index is 10.9. The molecule has 2 heterocycles. The molecule has 0 saturated carbocycles. The number of hydrogen-bond donors (Lipinski definition) is 0. The second-order valence-electron chi connectivity index (χ2n) is 7.74. The van der Waals surface area contributed by atoms with E-state index in [2.05, 4.69) is 61.5 Å². The van der Waals surface area contributed by atoms with Crippen LogP contribution in [0.5, 0.6) is 0 Å². The molecule has 0 saturated heterocycles. The molecule has 0 aromatic carbocycles. The molecule has 0 aliphatic carbocycles. The third kappa shape index (κ3) is 6.38. The summed E-state index contributed by atoms with van der Waals surface area (Å²) in [6.07, 6.45) is 6.35. The highest BCUT2D eigenvalue weighted by Gasteiger charge is 2.16. The first-order chi connectivity index (χ1) is 11.4. The molecule has 0 aliphatic rings. The van der Waals surface area contributed by atoms with Gasteiger partial charge in [0.2, 0.25) is 0 Å². The number of rotatable bonds is 1. The number of aromatic nitrogens is 4. The maximum atomic E-state index is 10.9. The molecule has 0 N–H and O–H groups in total. The predicted molar refractivity (Wildman–Crippen MR) is 96.2 cm³/mol. The Morgan fingerprint density at radius 2 is 1.32 bits per heavy atom. The number of nitriles is 1. The minimum Gasteiger partial charge on any atom is -0.293 e. The average Bonchev–Trinajstić information content (AvgIpc) is 2.54. The molecule has 25 heavy (non-hydrogen) atoms. The van der Waals surface area contributed by atoms with Gasteiger partial charge in [-0.25, -0.2) is 9.97 Å². The summed E-state index contributed by atoms with van der Waals surface area (Å²) < 4.78 is 0. The Bertz CT molecular complexity index is 745. The topological polar surface area (TPSA) is 92.4 Å². The number of hydrogen-bond acceptors (Lipinski definition) is 6. The van der Waals surface area contributed by atoms with Crippen LogP contribution in [0.2, 0.25) is 0 Å². The quantitative estimate of drug-likeness (QED) is 0.737. The molecule has 132 valence electrons. The summed E-state index contributed by atoms with van der Waals surface area (Å²) in [4.78, 5) is 27.2. The van der Waals surface area contributed by atoms with Crippen molar-refractivity contribution in [3.05, 3.63) is 47.6 Å². The van der Waals surface area contributed by atoms with Crippen molar-refractivity contribution in [1.29, 1.82) is 5.26 Å². The van der Waals surface area contributed by atoms with Crippen LogP contribution in [-0.4, -0.2) is 25.7 Å². The van der Waals surface area contributed by atoms with E-state index in [1.807, 2.05) is 6.07 Å². The molecule has 0 amide bonds. The fourth-order valence-electron chi connectivity index (χ4n) is 1.67. The third-order valence-electron chi connectivity index (χ3n) is 3.32. The standard InChI is InChI=1S/C10H14N2O.C9H11N3/c1-7(13)8-5-12-9(6-11-8)10(2,3)4;1-9(2,3)8-6-11-7(4-10)5-12-8/h5-6H,1-4H3;5-6H,1-3H3. The molecule has 0 radical (unpaired) electrons. The second-order valence-corrected chi connectivity index (χ2v) is 7.74. The molecule has 0 spiro atoms. The minimum absolute atomic E-state index is 0.000978. The van der Waals surface area contributed by atoms with Gasteiger partial charge in [0.25, 0.3) is 0 Å². The molecule has 0 unspecified atom stereocenters. The van der Waals surface area contributed by atoms with Crippen molar-refractivity contribution in [2.24, 2.45) is 0 Å². The zero-order chi connectivity index (χ0) is 19.3. The summed E-state index contributed by atoms with van der Waals surface area (Å²) in [7, 11) is 0. The van der Waals surface area contributed by atoms with E-state index in [0.29, 0.717) is 11.4 Å². The molecule has 6 nitrogen and oxygen atoms in total. The Balaban J connectivity index is 0.000000251. The lowest BCUT2D eigenvalue weighted by Crippen LogP contribution is -2.14. The first-order valence-corrected chi connectivity index (χ1v) is 8.01. The molecule has 0 atom stereocenters. The summed E-state index contributed by atoms with van der Waals surface area (Å²) >= 11 is 0. The first kappa shape index (κ1) is 20.4. The SMILES string of the molecule is CC(=O)c1cnc(C(C)(C)C)cn1.CC(C)(C)c1cnc(C#N)cn1. The van der Waals surface area contributed by atoms with Crippen molar-refractivity contribution in [3.8, 4) is 6.07 Å². The van der Waals surface area contributed by atoms with Gasteiger partial charge in [-0.05, 0) is 0 Å².